The molecule has 0 saturated heterocycles. The molecule has 0 unspecified atom stereocenters. The largest absolute Gasteiger partial charge is 0.493 e. The van der Waals surface area contributed by atoms with E-state index in [1.807, 2.05) is 31.2 Å². The van der Waals surface area contributed by atoms with Crippen molar-refractivity contribution in [3.8, 4) is 11.8 Å². The average molecular weight is 254 g/mol. The summed E-state index contributed by atoms with van der Waals surface area (Å²) in [6.07, 6.45) is 1.25. The summed E-state index contributed by atoms with van der Waals surface area (Å²) in [7, 11) is 0. The van der Waals surface area contributed by atoms with E-state index >= 15 is 0 Å². The van der Waals surface area contributed by atoms with E-state index in [2.05, 4.69) is 18.2 Å². The summed E-state index contributed by atoms with van der Waals surface area (Å²) < 4.78 is 5.88. The third kappa shape index (κ3) is 3.04. The van der Waals surface area contributed by atoms with Gasteiger partial charge in [0.1, 0.15) is 5.75 Å². The first kappa shape index (κ1) is 13.4. The van der Waals surface area contributed by atoms with Gasteiger partial charge in [0.05, 0.1) is 12.7 Å². The van der Waals surface area contributed by atoms with E-state index in [0.29, 0.717) is 13.0 Å². The van der Waals surface area contributed by atoms with Gasteiger partial charge >= 0.3 is 0 Å². The molecule has 0 aliphatic heterocycles. The zero-order valence-electron chi connectivity index (χ0n) is 11.1. The van der Waals surface area contributed by atoms with Crippen LogP contribution in [0.1, 0.15) is 31.4 Å². The predicted molar refractivity (Wildman–Crippen MR) is 76.9 cm³/mol. The third-order valence-corrected chi connectivity index (χ3v) is 3.08. The molecule has 0 spiro atoms. The molecule has 98 valence electrons. The number of ether oxygens (including phenoxy) is 1. The van der Waals surface area contributed by atoms with Crippen molar-refractivity contribution in [2.24, 2.45) is 5.73 Å². The number of nitrogens with two attached hydrogens (primary N) is 1. The molecule has 0 radical (unpaired) electrons. The van der Waals surface area contributed by atoms with Gasteiger partial charge in [0.25, 0.3) is 0 Å². The minimum atomic E-state index is -0.0735. The Bertz CT molecular complexity index is 599. The third-order valence-electron chi connectivity index (χ3n) is 3.08. The number of hydrogen-bond donors (Lipinski definition) is 1. The van der Waals surface area contributed by atoms with Crippen LogP contribution in [0.25, 0.3) is 10.8 Å². The summed E-state index contributed by atoms with van der Waals surface area (Å²) in [5.41, 5.74) is 7.01. The van der Waals surface area contributed by atoms with Crippen molar-refractivity contribution < 1.29 is 4.74 Å². The summed E-state index contributed by atoms with van der Waals surface area (Å²) in [6, 6.07) is 14.2. The Morgan fingerprint density at radius 1 is 1.26 bits per heavy atom. The van der Waals surface area contributed by atoms with Crippen LogP contribution in [-0.4, -0.2) is 6.61 Å². The molecule has 0 aliphatic rings. The normalized spacial score (nSPS) is 12.1. The maximum Gasteiger partial charge on any atom is 0.131 e. The van der Waals surface area contributed by atoms with E-state index in [0.717, 1.165) is 28.5 Å². The van der Waals surface area contributed by atoms with Crippen molar-refractivity contribution in [1.82, 2.24) is 0 Å². The van der Waals surface area contributed by atoms with Gasteiger partial charge in [0.2, 0.25) is 0 Å². The summed E-state index contributed by atoms with van der Waals surface area (Å²) in [5, 5.41) is 10.8. The van der Waals surface area contributed by atoms with Crippen LogP contribution in [0.2, 0.25) is 0 Å². The van der Waals surface area contributed by atoms with Crippen molar-refractivity contribution in [3.05, 3.63) is 42.0 Å². The van der Waals surface area contributed by atoms with Crippen molar-refractivity contribution in [1.29, 1.82) is 5.26 Å². The van der Waals surface area contributed by atoms with Gasteiger partial charge in [-0.2, -0.15) is 5.26 Å². The Morgan fingerprint density at radius 2 is 2.05 bits per heavy atom. The molecule has 1 atom stereocenters. The number of unbranched alkanes of at least 4 members (excludes halogenated alkanes) is 1. The van der Waals surface area contributed by atoms with Crippen LogP contribution in [0.3, 0.4) is 0 Å². The highest BCUT2D eigenvalue weighted by Gasteiger charge is 2.11. The topological polar surface area (TPSA) is 59.0 Å². The summed E-state index contributed by atoms with van der Waals surface area (Å²) >= 11 is 0. The van der Waals surface area contributed by atoms with Crippen molar-refractivity contribution in [2.75, 3.05) is 6.61 Å². The second-order valence-electron chi connectivity index (χ2n) is 4.60. The van der Waals surface area contributed by atoms with Gasteiger partial charge in [-0.1, -0.05) is 36.4 Å². The monoisotopic (exact) mass is 254 g/mol. The zero-order chi connectivity index (χ0) is 13.7. The molecule has 2 aromatic carbocycles. The van der Waals surface area contributed by atoms with Crippen LogP contribution in [0.5, 0.6) is 5.75 Å². The van der Waals surface area contributed by atoms with Gasteiger partial charge < -0.3 is 10.5 Å². The fourth-order valence-corrected chi connectivity index (χ4v) is 2.10. The lowest BCUT2D eigenvalue weighted by Gasteiger charge is -2.16. The second-order valence-corrected chi connectivity index (χ2v) is 4.60. The van der Waals surface area contributed by atoms with Crippen LogP contribution in [-0.2, 0) is 0 Å². The van der Waals surface area contributed by atoms with Gasteiger partial charge in [-0.15, -0.1) is 0 Å². The van der Waals surface area contributed by atoms with Crippen LogP contribution in [0.4, 0.5) is 0 Å². The van der Waals surface area contributed by atoms with Gasteiger partial charge in [-0.25, -0.2) is 0 Å². The highest BCUT2D eigenvalue weighted by atomic mass is 16.5. The van der Waals surface area contributed by atoms with Gasteiger partial charge in [-0.3, -0.25) is 0 Å². The van der Waals surface area contributed by atoms with Crippen molar-refractivity contribution in [2.45, 2.75) is 25.8 Å². The first-order valence-electron chi connectivity index (χ1n) is 6.51. The molecule has 0 aromatic heterocycles. The molecule has 2 aromatic rings. The van der Waals surface area contributed by atoms with Crippen molar-refractivity contribution in [3.63, 3.8) is 0 Å². The minimum absolute atomic E-state index is 0.0735. The quantitative estimate of drug-likeness (QED) is 0.830. The maximum atomic E-state index is 8.55. The van der Waals surface area contributed by atoms with Crippen LogP contribution in [0.15, 0.2) is 36.4 Å². The van der Waals surface area contributed by atoms with E-state index in [1.54, 1.807) is 0 Å². The molecule has 0 fully saturated rings. The molecule has 0 aliphatic carbocycles. The number of benzene rings is 2. The Balaban J connectivity index is 2.36. The SMILES string of the molecule is C[C@@H](N)c1ccc2ccccc2c1OCCCC#N. The lowest BCUT2D eigenvalue weighted by molar-refractivity contribution is 0.312. The van der Waals surface area contributed by atoms with Crippen LogP contribution in [0, 0.1) is 11.3 Å². The molecule has 2 rings (SSSR count). The van der Waals surface area contributed by atoms with Crippen molar-refractivity contribution >= 4 is 10.8 Å². The maximum absolute atomic E-state index is 8.55. The van der Waals surface area contributed by atoms with E-state index in [9.17, 15) is 0 Å². The van der Waals surface area contributed by atoms with E-state index in [4.69, 9.17) is 15.7 Å². The molecule has 0 bridgehead atoms. The van der Waals surface area contributed by atoms with Gasteiger partial charge in [-0.05, 0) is 18.7 Å². The Labute approximate surface area is 113 Å². The average Bonchev–Trinajstić information content (AvgIpc) is 2.43. The summed E-state index contributed by atoms with van der Waals surface area (Å²) in [6.45, 7) is 2.49. The second kappa shape index (κ2) is 6.21. The summed E-state index contributed by atoms with van der Waals surface area (Å²) in [4.78, 5) is 0. The molecule has 0 heterocycles. The molecule has 19 heavy (non-hydrogen) atoms. The number of hydrogen-bond acceptors (Lipinski definition) is 3. The van der Waals surface area contributed by atoms with Gasteiger partial charge in [0.15, 0.2) is 0 Å². The Kier molecular flexibility index (Phi) is 4.38. The highest BCUT2D eigenvalue weighted by Crippen LogP contribution is 2.33. The standard InChI is InChI=1S/C16H18N2O/c1-12(18)14-9-8-13-6-2-3-7-15(13)16(14)19-11-5-4-10-17/h2-3,6-9,12H,4-5,11,18H2,1H3/t12-/m1/s1. The molecular formula is C16H18N2O. The van der Waals surface area contributed by atoms with E-state index in [-0.39, 0.29) is 6.04 Å². The summed E-state index contributed by atoms with van der Waals surface area (Å²) in [5.74, 6) is 0.853. The van der Waals surface area contributed by atoms with Crippen LogP contribution < -0.4 is 10.5 Å². The lowest BCUT2D eigenvalue weighted by Crippen LogP contribution is -2.09. The molecular weight excluding hydrogens is 236 g/mol. The number of fused-ring (bicyclic) bond motifs is 1. The van der Waals surface area contributed by atoms with E-state index < -0.39 is 0 Å². The van der Waals surface area contributed by atoms with Crippen LogP contribution >= 0.6 is 0 Å². The molecule has 0 saturated carbocycles. The smallest absolute Gasteiger partial charge is 0.131 e. The highest BCUT2D eigenvalue weighted by molar-refractivity contribution is 5.89. The predicted octanol–water partition coefficient (Wildman–Crippen LogP) is 3.54. The van der Waals surface area contributed by atoms with Gasteiger partial charge in [0, 0.05) is 23.4 Å². The minimum Gasteiger partial charge on any atom is -0.493 e. The first-order valence-corrected chi connectivity index (χ1v) is 6.51. The molecule has 0 amide bonds. The van der Waals surface area contributed by atoms with E-state index in [1.165, 1.54) is 0 Å². The Hall–Kier alpha value is -2.05. The first-order chi connectivity index (χ1) is 9.24. The lowest BCUT2D eigenvalue weighted by atomic mass is 10.0. The molecule has 3 heteroatoms. The Morgan fingerprint density at radius 3 is 2.79 bits per heavy atom. The fraction of sp³-hybridized carbons (Fsp3) is 0.312. The number of rotatable bonds is 5. The molecule has 3 nitrogen and oxygen atoms in total. The zero-order valence-corrected chi connectivity index (χ0v) is 11.1. The number of nitrogens with zero attached hydrogens (tertiary/aromatic N) is 1. The molecule has 2 N–H and O–H groups in total. The fourth-order valence-electron chi connectivity index (χ4n) is 2.10. The number of nitriles is 1.